The van der Waals surface area contributed by atoms with E-state index in [-0.39, 0.29) is 11.7 Å². The lowest BCUT2D eigenvalue weighted by Gasteiger charge is -2.07. The lowest BCUT2D eigenvalue weighted by molar-refractivity contribution is 0.0955. The molecule has 0 saturated heterocycles. The summed E-state index contributed by atoms with van der Waals surface area (Å²) in [7, 11) is 0. The number of nitrogens with zero attached hydrogens (tertiary/aromatic N) is 1. The summed E-state index contributed by atoms with van der Waals surface area (Å²) in [6.07, 6.45) is 6.09. The van der Waals surface area contributed by atoms with E-state index in [0.717, 1.165) is 22.9 Å². The molecule has 150 valence electrons. The number of benzene rings is 3. The van der Waals surface area contributed by atoms with Crippen molar-refractivity contribution in [3.05, 3.63) is 71.8 Å². The van der Waals surface area contributed by atoms with Crippen molar-refractivity contribution >= 4 is 22.9 Å². The highest BCUT2D eigenvalue weighted by atomic mass is 16.5. The highest BCUT2D eigenvalue weighted by Gasteiger charge is 2.06. The highest BCUT2D eigenvalue weighted by Crippen LogP contribution is 2.25. The van der Waals surface area contributed by atoms with Gasteiger partial charge in [0.25, 0.3) is 5.91 Å². The van der Waals surface area contributed by atoms with Gasteiger partial charge in [-0.2, -0.15) is 5.10 Å². The van der Waals surface area contributed by atoms with Crippen molar-refractivity contribution in [2.24, 2.45) is 5.10 Å². The Hall–Kier alpha value is -3.34. The van der Waals surface area contributed by atoms with Crippen molar-refractivity contribution in [1.29, 1.82) is 0 Å². The van der Waals surface area contributed by atoms with Gasteiger partial charge in [-0.3, -0.25) is 4.79 Å². The quantitative estimate of drug-likeness (QED) is 0.297. The summed E-state index contributed by atoms with van der Waals surface area (Å²) in [5, 5.41) is 16.0. The Bertz CT molecular complexity index is 981. The number of hydrogen-bond acceptors (Lipinski definition) is 4. The minimum atomic E-state index is -0.324. The monoisotopic (exact) mass is 390 g/mol. The van der Waals surface area contributed by atoms with Crippen LogP contribution in [0.5, 0.6) is 11.5 Å². The van der Waals surface area contributed by atoms with Crippen LogP contribution in [0.4, 0.5) is 0 Å². The smallest absolute Gasteiger partial charge is 0.271 e. The second-order valence-electron chi connectivity index (χ2n) is 6.85. The molecule has 3 aromatic rings. The summed E-state index contributed by atoms with van der Waals surface area (Å²) < 4.78 is 5.69. The molecule has 0 fully saturated rings. The fourth-order valence-corrected chi connectivity index (χ4v) is 3.06. The summed E-state index contributed by atoms with van der Waals surface area (Å²) in [5.74, 6) is 0.542. The van der Waals surface area contributed by atoms with Crippen molar-refractivity contribution < 1.29 is 14.6 Å². The van der Waals surface area contributed by atoms with Crippen LogP contribution in [-0.2, 0) is 0 Å². The Labute approximate surface area is 171 Å². The zero-order chi connectivity index (χ0) is 20.5. The van der Waals surface area contributed by atoms with Gasteiger partial charge in [-0.25, -0.2) is 5.43 Å². The fourth-order valence-electron chi connectivity index (χ4n) is 3.06. The van der Waals surface area contributed by atoms with Gasteiger partial charge < -0.3 is 9.84 Å². The van der Waals surface area contributed by atoms with Crippen LogP contribution in [-0.4, -0.2) is 23.8 Å². The van der Waals surface area contributed by atoms with E-state index in [0.29, 0.717) is 17.7 Å². The number of ether oxygens (including phenoxy) is 1. The number of phenolic OH excluding ortho intramolecular Hbond substituents is 1. The van der Waals surface area contributed by atoms with E-state index in [1.165, 1.54) is 25.5 Å². The molecular formula is C24H26N2O3. The lowest BCUT2D eigenvalue weighted by atomic mass is 10.0. The van der Waals surface area contributed by atoms with Crippen LogP contribution in [0.15, 0.2) is 65.8 Å². The van der Waals surface area contributed by atoms with Gasteiger partial charge in [-0.1, -0.05) is 56.5 Å². The SMILES string of the molecule is CCCCCCOc1ccc(C(=O)NN=Cc2c(O)ccc3ccccc23)cc1. The van der Waals surface area contributed by atoms with Gasteiger partial charge in [0.2, 0.25) is 0 Å². The van der Waals surface area contributed by atoms with Crippen LogP contribution in [0, 0.1) is 0 Å². The number of hydrazone groups is 1. The summed E-state index contributed by atoms with van der Waals surface area (Å²) in [4.78, 5) is 12.3. The molecule has 3 aromatic carbocycles. The maximum atomic E-state index is 12.3. The van der Waals surface area contributed by atoms with E-state index in [9.17, 15) is 9.90 Å². The van der Waals surface area contributed by atoms with Gasteiger partial charge in [-0.05, 0) is 47.5 Å². The van der Waals surface area contributed by atoms with Crippen LogP contribution in [0.2, 0.25) is 0 Å². The normalized spacial score (nSPS) is 11.1. The van der Waals surface area contributed by atoms with Crippen molar-refractivity contribution in [3.8, 4) is 11.5 Å². The highest BCUT2D eigenvalue weighted by molar-refractivity contribution is 6.03. The largest absolute Gasteiger partial charge is 0.507 e. The maximum Gasteiger partial charge on any atom is 0.271 e. The zero-order valence-corrected chi connectivity index (χ0v) is 16.6. The molecule has 5 heteroatoms. The van der Waals surface area contributed by atoms with Gasteiger partial charge in [0, 0.05) is 11.1 Å². The Balaban J connectivity index is 1.58. The number of hydrogen-bond donors (Lipinski definition) is 2. The number of phenols is 1. The first-order valence-corrected chi connectivity index (χ1v) is 9.96. The average molecular weight is 390 g/mol. The van der Waals surface area contributed by atoms with Crippen molar-refractivity contribution in [2.45, 2.75) is 32.6 Å². The van der Waals surface area contributed by atoms with Crippen molar-refractivity contribution in [2.75, 3.05) is 6.61 Å². The molecule has 0 unspecified atom stereocenters. The fraction of sp³-hybridized carbons (Fsp3) is 0.250. The number of aromatic hydroxyl groups is 1. The molecule has 0 heterocycles. The molecule has 0 aliphatic heterocycles. The third kappa shape index (κ3) is 5.57. The third-order valence-corrected chi connectivity index (χ3v) is 4.69. The Morgan fingerprint density at radius 1 is 1.03 bits per heavy atom. The van der Waals surface area contributed by atoms with Gasteiger partial charge in [0.1, 0.15) is 11.5 Å². The van der Waals surface area contributed by atoms with E-state index in [4.69, 9.17) is 4.74 Å². The molecule has 0 aromatic heterocycles. The van der Waals surface area contributed by atoms with E-state index in [1.807, 2.05) is 30.3 Å². The molecule has 0 aliphatic carbocycles. The molecule has 0 atom stereocenters. The van der Waals surface area contributed by atoms with Gasteiger partial charge in [0.15, 0.2) is 0 Å². The maximum absolute atomic E-state index is 12.3. The van der Waals surface area contributed by atoms with Crippen molar-refractivity contribution in [3.63, 3.8) is 0 Å². The minimum absolute atomic E-state index is 0.113. The number of carbonyl (C=O) groups is 1. The zero-order valence-electron chi connectivity index (χ0n) is 16.6. The molecule has 0 spiro atoms. The topological polar surface area (TPSA) is 70.9 Å². The van der Waals surface area contributed by atoms with Crippen LogP contribution >= 0.6 is 0 Å². The number of unbranched alkanes of at least 4 members (excludes halogenated alkanes) is 3. The van der Waals surface area contributed by atoms with E-state index in [2.05, 4.69) is 17.5 Å². The minimum Gasteiger partial charge on any atom is -0.507 e. The first-order chi connectivity index (χ1) is 14.2. The Kier molecular flexibility index (Phi) is 7.22. The first kappa shape index (κ1) is 20.4. The molecule has 29 heavy (non-hydrogen) atoms. The molecule has 0 saturated carbocycles. The number of fused-ring (bicyclic) bond motifs is 1. The Morgan fingerprint density at radius 3 is 2.62 bits per heavy atom. The van der Waals surface area contributed by atoms with Crippen LogP contribution in [0.1, 0.15) is 48.5 Å². The molecule has 0 radical (unpaired) electrons. The summed E-state index contributed by atoms with van der Waals surface area (Å²) >= 11 is 0. The molecular weight excluding hydrogens is 364 g/mol. The van der Waals surface area contributed by atoms with E-state index in [1.54, 1.807) is 30.3 Å². The van der Waals surface area contributed by atoms with Crippen LogP contribution in [0.25, 0.3) is 10.8 Å². The number of carbonyl (C=O) groups excluding carboxylic acids is 1. The molecule has 0 bridgehead atoms. The lowest BCUT2D eigenvalue weighted by Crippen LogP contribution is -2.17. The molecule has 3 rings (SSSR count). The number of rotatable bonds is 9. The predicted molar refractivity (Wildman–Crippen MR) is 117 cm³/mol. The van der Waals surface area contributed by atoms with Crippen LogP contribution in [0.3, 0.4) is 0 Å². The average Bonchev–Trinajstić information content (AvgIpc) is 2.75. The molecule has 2 N–H and O–H groups in total. The van der Waals surface area contributed by atoms with E-state index < -0.39 is 0 Å². The molecule has 0 aliphatic rings. The second-order valence-corrected chi connectivity index (χ2v) is 6.85. The number of amides is 1. The third-order valence-electron chi connectivity index (χ3n) is 4.69. The predicted octanol–water partition coefficient (Wildman–Crippen LogP) is 5.27. The second kappa shape index (κ2) is 10.3. The standard InChI is InChI=1S/C24H26N2O3/c1-2-3-4-7-16-29-20-13-10-19(11-14-20)24(28)26-25-17-22-21-9-6-5-8-18(21)12-15-23(22)27/h5-6,8-15,17,27H,2-4,7,16H2,1H3,(H,26,28). The van der Waals surface area contributed by atoms with Gasteiger partial charge >= 0.3 is 0 Å². The summed E-state index contributed by atoms with van der Waals surface area (Å²) in [6.45, 7) is 2.86. The Morgan fingerprint density at radius 2 is 1.83 bits per heavy atom. The first-order valence-electron chi connectivity index (χ1n) is 9.96. The van der Waals surface area contributed by atoms with E-state index >= 15 is 0 Å². The van der Waals surface area contributed by atoms with Crippen molar-refractivity contribution in [1.82, 2.24) is 5.43 Å². The van der Waals surface area contributed by atoms with Gasteiger partial charge in [0.05, 0.1) is 12.8 Å². The van der Waals surface area contributed by atoms with Gasteiger partial charge in [-0.15, -0.1) is 0 Å². The summed E-state index contributed by atoms with van der Waals surface area (Å²) in [6, 6.07) is 18.1. The summed E-state index contributed by atoms with van der Waals surface area (Å²) in [5.41, 5.74) is 3.56. The van der Waals surface area contributed by atoms with Crippen LogP contribution < -0.4 is 10.2 Å². The molecule has 1 amide bonds. The molecule has 5 nitrogen and oxygen atoms in total. The number of nitrogens with one attached hydrogen (secondary N) is 1.